The van der Waals surface area contributed by atoms with Gasteiger partial charge in [0.05, 0.1) is 18.8 Å². The summed E-state index contributed by atoms with van der Waals surface area (Å²) in [5.74, 6) is 0.705. The topological polar surface area (TPSA) is 56.8 Å². The van der Waals surface area contributed by atoms with Crippen LogP contribution in [-0.4, -0.2) is 32.3 Å². The maximum atomic E-state index is 12.4. The van der Waals surface area contributed by atoms with Crippen LogP contribution in [0, 0.1) is 0 Å². The lowest BCUT2D eigenvalue weighted by Crippen LogP contribution is -2.26. The minimum atomic E-state index is -2.99. The lowest BCUT2D eigenvalue weighted by Gasteiger charge is -2.13. The Morgan fingerprint density at radius 3 is 2.41 bits per heavy atom. The second kappa shape index (κ2) is 10.4. The molecule has 0 fully saturated rings. The minimum absolute atomic E-state index is 0.0690. The standard InChI is InChI=1S/C20H23F2NO4/c1-3-25-17-10-9-14(13-18(17)26-4-2)11-12-23-19(24)15-7-5-6-8-16(15)27-20(21)22/h5-10,13,20H,3-4,11-12H2,1-2H3,(H,23,24). The number of halogens is 2. The largest absolute Gasteiger partial charge is 0.490 e. The summed E-state index contributed by atoms with van der Waals surface area (Å²) < 4.78 is 40.4. The fourth-order valence-electron chi connectivity index (χ4n) is 2.52. The van der Waals surface area contributed by atoms with Crippen molar-refractivity contribution in [1.82, 2.24) is 5.32 Å². The molecule has 0 bridgehead atoms. The predicted octanol–water partition coefficient (Wildman–Crippen LogP) is 4.06. The molecule has 1 amide bonds. The summed E-state index contributed by atoms with van der Waals surface area (Å²) in [6.45, 7) is 2.19. The average molecular weight is 379 g/mol. The molecule has 0 saturated heterocycles. The molecule has 0 radical (unpaired) electrons. The van der Waals surface area contributed by atoms with Gasteiger partial charge in [-0.05, 0) is 50.1 Å². The highest BCUT2D eigenvalue weighted by atomic mass is 19.3. The molecule has 0 atom stereocenters. The van der Waals surface area contributed by atoms with Crippen molar-refractivity contribution in [3.8, 4) is 17.2 Å². The van der Waals surface area contributed by atoms with Crippen molar-refractivity contribution in [3.63, 3.8) is 0 Å². The van der Waals surface area contributed by atoms with Crippen LogP contribution < -0.4 is 19.5 Å². The van der Waals surface area contributed by atoms with Gasteiger partial charge >= 0.3 is 6.61 Å². The van der Waals surface area contributed by atoms with E-state index in [2.05, 4.69) is 10.1 Å². The molecule has 0 saturated carbocycles. The molecule has 0 aliphatic rings. The van der Waals surface area contributed by atoms with E-state index in [0.29, 0.717) is 37.7 Å². The number of ether oxygens (including phenoxy) is 3. The Hall–Kier alpha value is -2.83. The Balaban J connectivity index is 1.98. The van der Waals surface area contributed by atoms with Crippen molar-refractivity contribution in [2.75, 3.05) is 19.8 Å². The van der Waals surface area contributed by atoms with Crippen LogP contribution in [0.2, 0.25) is 0 Å². The van der Waals surface area contributed by atoms with E-state index in [4.69, 9.17) is 9.47 Å². The number of nitrogens with one attached hydrogen (secondary N) is 1. The molecule has 2 rings (SSSR count). The van der Waals surface area contributed by atoms with Crippen LogP contribution in [0.3, 0.4) is 0 Å². The van der Waals surface area contributed by atoms with E-state index in [1.807, 2.05) is 32.0 Å². The van der Waals surface area contributed by atoms with E-state index < -0.39 is 12.5 Å². The summed E-state index contributed by atoms with van der Waals surface area (Å²) in [6, 6.07) is 11.5. The summed E-state index contributed by atoms with van der Waals surface area (Å²) in [5, 5.41) is 2.72. The summed E-state index contributed by atoms with van der Waals surface area (Å²) in [7, 11) is 0. The molecule has 0 spiro atoms. The normalized spacial score (nSPS) is 10.6. The van der Waals surface area contributed by atoms with Gasteiger partial charge in [0, 0.05) is 6.54 Å². The second-order valence-electron chi connectivity index (χ2n) is 5.53. The van der Waals surface area contributed by atoms with Crippen molar-refractivity contribution < 1.29 is 27.8 Å². The van der Waals surface area contributed by atoms with Gasteiger partial charge in [-0.1, -0.05) is 18.2 Å². The number of hydrogen-bond acceptors (Lipinski definition) is 4. The van der Waals surface area contributed by atoms with Crippen LogP contribution in [0.15, 0.2) is 42.5 Å². The van der Waals surface area contributed by atoms with Crippen LogP contribution in [0.1, 0.15) is 29.8 Å². The maximum absolute atomic E-state index is 12.4. The molecule has 0 aromatic heterocycles. The first kappa shape index (κ1) is 20.5. The van der Waals surface area contributed by atoms with Crippen LogP contribution in [0.5, 0.6) is 17.2 Å². The molecule has 0 unspecified atom stereocenters. The number of para-hydroxylation sites is 1. The first-order valence-electron chi connectivity index (χ1n) is 8.75. The van der Waals surface area contributed by atoms with Gasteiger partial charge in [-0.3, -0.25) is 4.79 Å². The third kappa shape index (κ3) is 6.13. The van der Waals surface area contributed by atoms with E-state index in [9.17, 15) is 13.6 Å². The Morgan fingerprint density at radius 1 is 1.00 bits per heavy atom. The zero-order valence-corrected chi connectivity index (χ0v) is 15.3. The molecule has 2 aromatic carbocycles. The zero-order chi connectivity index (χ0) is 19.6. The Bertz CT molecular complexity index is 753. The van der Waals surface area contributed by atoms with Crippen LogP contribution in [0.4, 0.5) is 8.78 Å². The number of rotatable bonds is 10. The monoisotopic (exact) mass is 379 g/mol. The Morgan fingerprint density at radius 2 is 1.70 bits per heavy atom. The summed E-state index contributed by atoms with van der Waals surface area (Å²) in [5.41, 5.74) is 1.03. The first-order chi connectivity index (χ1) is 13.0. The predicted molar refractivity (Wildman–Crippen MR) is 97.9 cm³/mol. The van der Waals surface area contributed by atoms with Gasteiger partial charge in [-0.25, -0.2) is 0 Å². The van der Waals surface area contributed by atoms with Gasteiger partial charge in [0.1, 0.15) is 5.75 Å². The lowest BCUT2D eigenvalue weighted by atomic mass is 10.1. The van der Waals surface area contributed by atoms with E-state index in [1.54, 1.807) is 6.07 Å². The zero-order valence-electron chi connectivity index (χ0n) is 15.3. The molecule has 5 nitrogen and oxygen atoms in total. The number of benzene rings is 2. The third-order valence-corrected chi connectivity index (χ3v) is 3.65. The van der Waals surface area contributed by atoms with Crippen molar-refractivity contribution in [2.45, 2.75) is 26.9 Å². The van der Waals surface area contributed by atoms with E-state index in [1.165, 1.54) is 18.2 Å². The second-order valence-corrected chi connectivity index (χ2v) is 5.53. The number of amides is 1. The Kier molecular flexibility index (Phi) is 7.85. The molecule has 27 heavy (non-hydrogen) atoms. The van der Waals surface area contributed by atoms with Crippen LogP contribution >= 0.6 is 0 Å². The highest BCUT2D eigenvalue weighted by Gasteiger charge is 2.15. The molecule has 0 aliphatic carbocycles. The number of alkyl halides is 2. The van der Waals surface area contributed by atoms with Gasteiger partial charge in [-0.2, -0.15) is 8.78 Å². The fraction of sp³-hybridized carbons (Fsp3) is 0.350. The molecule has 1 N–H and O–H groups in total. The minimum Gasteiger partial charge on any atom is -0.490 e. The number of carbonyl (C=O) groups is 1. The molecular formula is C20H23F2NO4. The van der Waals surface area contributed by atoms with E-state index in [-0.39, 0.29) is 11.3 Å². The van der Waals surface area contributed by atoms with Gasteiger partial charge in [0.25, 0.3) is 5.91 Å². The molecular weight excluding hydrogens is 356 g/mol. The smallest absolute Gasteiger partial charge is 0.387 e. The highest BCUT2D eigenvalue weighted by molar-refractivity contribution is 5.96. The first-order valence-corrected chi connectivity index (χ1v) is 8.75. The highest BCUT2D eigenvalue weighted by Crippen LogP contribution is 2.28. The summed E-state index contributed by atoms with van der Waals surface area (Å²) >= 11 is 0. The molecule has 2 aromatic rings. The van der Waals surface area contributed by atoms with Gasteiger partial charge < -0.3 is 19.5 Å². The SMILES string of the molecule is CCOc1ccc(CCNC(=O)c2ccccc2OC(F)F)cc1OCC. The van der Waals surface area contributed by atoms with Gasteiger partial charge in [0.15, 0.2) is 11.5 Å². The summed E-state index contributed by atoms with van der Waals surface area (Å²) in [6.07, 6.45) is 0.552. The summed E-state index contributed by atoms with van der Waals surface area (Å²) in [4.78, 5) is 12.3. The third-order valence-electron chi connectivity index (χ3n) is 3.65. The van der Waals surface area contributed by atoms with Gasteiger partial charge in [0.2, 0.25) is 0 Å². The van der Waals surface area contributed by atoms with Crippen LogP contribution in [0.25, 0.3) is 0 Å². The van der Waals surface area contributed by atoms with Crippen molar-refractivity contribution in [1.29, 1.82) is 0 Å². The molecule has 146 valence electrons. The molecule has 0 aliphatic heterocycles. The quantitative estimate of drug-likeness (QED) is 0.676. The fourth-order valence-corrected chi connectivity index (χ4v) is 2.52. The Labute approximate surface area is 157 Å². The van der Waals surface area contributed by atoms with E-state index >= 15 is 0 Å². The van der Waals surface area contributed by atoms with Crippen molar-refractivity contribution in [2.24, 2.45) is 0 Å². The maximum Gasteiger partial charge on any atom is 0.387 e. The van der Waals surface area contributed by atoms with Crippen molar-refractivity contribution in [3.05, 3.63) is 53.6 Å². The van der Waals surface area contributed by atoms with Gasteiger partial charge in [-0.15, -0.1) is 0 Å². The van der Waals surface area contributed by atoms with Crippen LogP contribution in [-0.2, 0) is 6.42 Å². The van der Waals surface area contributed by atoms with Crippen molar-refractivity contribution >= 4 is 5.91 Å². The molecule has 7 heteroatoms. The lowest BCUT2D eigenvalue weighted by molar-refractivity contribution is -0.0501. The van der Waals surface area contributed by atoms with E-state index in [0.717, 1.165) is 5.56 Å². The number of carbonyl (C=O) groups excluding carboxylic acids is 1. The molecule has 0 heterocycles. The average Bonchev–Trinajstić information content (AvgIpc) is 2.64. The number of hydrogen-bond donors (Lipinski definition) is 1.